The molecular weight excluding hydrogens is 198 g/mol. The SMILES string of the molecule is Cc1cc(C2CCC2)nc(C2CCCN2)n1. The summed E-state index contributed by atoms with van der Waals surface area (Å²) in [6.07, 6.45) is 6.43. The molecule has 1 aromatic heterocycles. The third-order valence-corrected chi connectivity index (χ3v) is 3.79. The molecule has 0 radical (unpaired) electrons. The Labute approximate surface area is 96.7 Å². The first-order valence-electron chi connectivity index (χ1n) is 6.42. The molecule has 1 aliphatic carbocycles. The van der Waals surface area contributed by atoms with E-state index in [1.165, 1.54) is 37.8 Å². The van der Waals surface area contributed by atoms with E-state index in [1.54, 1.807) is 0 Å². The van der Waals surface area contributed by atoms with Gasteiger partial charge < -0.3 is 5.32 Å². The molecule has 2 heterocycles. The molecule has 86 valence electrons. The Morgan fingerprint density at radius 2 is 2.06 bits per heavy atom. The van der Waals surface area contributed by atoms with Crippen molar-refractivity contribution in [3.8, 4) is 0 Å². The molecule has 16 heavy (non-hydrogen) atoms. The van der Waals surface area contributed by atoms with Crippen molar-refractivity contribution in [3.05, 3.63) is 23.3 Å². The van der Waals surface area contributed by atoms with Crippen molar-refractivity contribution in [2.45, 2.75) is 51.0 Å². The van der Waals surface area contributed by atoms with E-state index < -0.39 is 0 Å². The Kier molecular flexibility index (Phi) is 2.64. The van der Waals surface area contributed by atoms with Gasteiger partial charge in [0.2, 0.25) is 0 Å². The summed E-state index contributed by atoms with van der Waals surface area (Å²) in [7, 11) is 0. The average Bonchev–Trinajstić information content (AvgIpc) is 2.66. The van der Waals surface area contributed by atoms with E-state index in [0.717, 1.165) is 18.1 Å². The van der Waals surface area contributed by atoms with Crippen LogP contribution in [0.5, 0.6) is 0 Å². The topological polar surface area (TPSA) is 37.8 Å². The molecule has 2 fully saturated rings. The Balaban J connectivity index is 1.88. The molecule has 1 aliphatic heterocycles. The summed E-state index contributed by atoms with van der Waals surface area (Å²) < 4.78 is 0. The van der Waals surface area contributed by atoms with Crippen LogP contribution in [0.2, 0.25) is 0 Å². The fraction of sp³-hybridized carbons (Fsp3) is 0.692. The summed E-state index contributed by atoms with van der Waals surface area (Å²) in [6.45, 7) is 3.20. The third-order valence-electron chi connectivity index (χ3n) is 3.79. The van der Waals surface area contributed by atoms with Crippen LogP contribution in [-0.4, -0.2) is 16.5 Å². The predicted octanol–water partition coefficient (Wildman–Crippen LogP) is 2.48. The lowest BCUT2D eigenvalue weighted by atomic mass is 9.82. The lowest BCUT2D eigenvalue weighted by molar-refractivity contribution is 0.407. The molecule has 1 N–H and O–H groups in total. The van der Waals surface area contributed by atoms with Crippen LogP contribution in [0.1, 0.15) is 61.3 Å². The highest BCUT2D eigenvalue weighted by Crippen LogP contribution is 2.36. The summed E-state index contributed by atoms with van der Waals surface area (Å²) >= 11 is 0. The molecule has 0 bridgehead atoms. The van der Waals surface area contributed by atoms with E-state index in [1.807, 2.05) is 0 Å². The minimum atomic E-state index is 0.402. The van der Waals surface area contributed by atoms with Gasteiger partial charge in [0.25, 0.3) is 0 Å². The summed E-state index contributed by atoms with van der Waals surface area (Å²) in [5.41, 5.74) is 2.41. The fourth-order valence-electron chi connectivity index (χ4n) is 2.59. The molecule has 2 aliphatic rings. The van der Waals surface area contributed by atoms with Gasteiger partial charge in [-0.05, 0) is 45.2 Å². The lowest BCUT2D eigenvalue weighted by Crippen LogP contribution is -2.19. The number of hydrogen-bond acceptors (Lipinski definition) is 3. The van der Waals surface area contributed by atoms with Gasteiger partial charge in [-0.25, -0.2) is 9.97 Å². The zero-order valence-electron chi connectivity index (χ0n) is 9.87. The minimum absolute atomic E-state index is 0.402. The third kappa shape index (κ3) is 1.84. The number of nitrogens with zero attached hydrogens (tertiary/aromatic N) is 2. The monoisotopic (exact) mass is 217 g/mol. The number of aryl methyl sites for hydroxylation is 1. The molecule has 0 amide bonds. The summed E-state index contributed by atoms with van der Waals surface area (Å²) in [4.78, 5) is 9.35. The van der Waals surface area contributed by atoms with Crippen LogP contribution < -0.4 is 5.32 Å². The summed E-state index contributed by atoms with van der Waals surface area (Å²) in [6, 6.07) is 2.57. The van der Waals surface area contributed by atoms with E-state index in [4.69, 9.17) is 4.98 Å². The quantitative estimate of drug-likeness (QED) is 0.827. The van der Waals surface area contributed by atoms with Gasteiger partial charge in [0.05, 0.1) is 6.04 Å². The van der Waals surface area contributed by atoms with Crippen LogP contribution in [0, 0.1) is 6.92 Å². The predicted molar refractivity (Wildman–Crippen MR) is 63.3 cm³/mol. The number of rotatable bonds is 2. The van der Waals surface area contributed by atoms with Gasteiger partial charge in [-0.1, -0.05) is 6.42 Å². The van der Waals surface area contributed by atoms with Gasteiger partial charge in [0.15, 0.2) is 0 Å². The molecule has 3 rings (SSSR count). The summed E-state index contributed by atoms with van der Waals surface area (Å²) in [5.74, 6) is 1.74. The van der Waals surface area contributed by atoms with Gasteiger partial charge in [-0.3, -0.25) is 0 Å². The van der Waals surface area contributed by atoms with Gasteiger partial charge in [-0.15, -0.1) is 0 Å². The maximum absolute atomic E-state index is 4.76. The van der Waals surface area contributed by atoms with Gasteiger partial charge in [0, 0.05) is 17.3 Å². The average molecular weight is 217 g/mol. The maximum atomic E-state index is 4.76. The standard InChI is InChI=1S/C13H19N3/c1-9-8-12(10-4-2-5-10)16-13(15-9)11-6-3-7-14-11/h8,10-11,14H,2-7H2,1H3. The van der Waals surface area contributed by atoms with E-state index in [9.17, 15) is 0 Å². The number of nitrogens with one attached hydrogen (secondary N) is 1. The molecule has 1 saturated carbocycles. The fourth-order valence-corrected chi connectivity index (χ4v) is 2.59. The van der Waals surface area contributed by atoms with Gasteiger partial charge >= 0.3 is 0 Å². The smallest absolute Gasteiger partial charge is 0.145 e. The normalized spacial score (nSPS) is 25.7. The Morgan fingerprint density at radius 3 is 2.69 bits per heavy atom. The Hall–Kier alpha value is -0.960. The lowest BCUT2D eigenvalue weighted by Gasteiger charge is -2.25. The van der Waals surface area contributed by atoms with Crippen molar-refractivity contribution in [2.24, 2.45) is 0 Å². The number of aromatic nitrogens is 2. The van der Waals surface area contributed by atoms with Crippen molar-refractivity contribution in [1.82, 2.24) is 15.3 Å². The van der Waals surface area contributed by atoms with Crippen molar-refractivity contribution >= 4 is 0 Å². The van der Waals surface area contributed by atoms with Gasteiger partial charge in [0.1, 0.15) is 5.82 Å². The maximum Gasteiger partial charge on any atom is 0.145 e. The largest absolute Gasteiger partial charge is 0.307 e. The zero-order chi connectivity index (χ0) is 11.0. The molecule has 1 aromatic rings. The van der Waals surface area contributed by atoms with Crippen LogP contribution in [0.25, 0.3) is 0 Å². The molecule has 1 atom stereocenters. The molecule has 1 saturated heterocycles. The molecule has 1 unspecified atom stereocenters. The van der Waals surface area contributed by atoms with Crippen molar-refractivity contribution < 1.29 is 0 Å². The van der Waals surface area contributed by atoms with Crippen molar-refractivity contribution in [2.75, 3.05) is 6.54 Å². The molecular formula is C13H19N3. The van der Waals surface area contributed by atoms with Crippen molar-refractivity contribution in [1.29, 1.82) is 0 Å². The summed E-state index contributed by atoms with van der Waals surface area (Å²) in [5, 5.41) is 3.48. The highest BCUT2D eigenvalue weighted by molar-refractivity contribution is 5.17. The van der Waals surface area contributed by atoms with Crippen LogP contribution >= 0.6 is 0 Å². The van der Waals surface area contributed by atoms with Crippen molar-refractivity contribution in [3.63, 3.8) is 0 Å². The molecule has 3 nitrogen and oxygen atoms in total. The highest BCUT2D eigenvalue weighted by atomic mass is 15.0. The van der Waals surface area contributed by atoms with Gasteiger partial charge in [-0.2, -0.15) is 0 Å². The second-order valence-electron chi connectivity index (χ2n) is 5.07. The first-order chi connectivity index (χ1) is 7.83. The number of hydrogen-bond donors (Lipinski definition) is 1. The molecule has 3 heteroatoms. The molecule has 0 spiro atoms. The van der Waals surface area contributed by atoms with E-state index >= 15 is 0 Å². The van der Waals surface area contributed by atoms with Crippen LogP contribution in [0.4, 0.5) is 0 Å². The van der Waals surface area contributed by atoms with E-state index in [0.29, 0.717) is 12.0 Å². The molecule has 0 aromatic carbocycles. The van der Waals surface area contributed by atoms with Crippen LogP contribution in [0.3, 0.4) is 0 Å². The second kappa shape index (κ2) is 4.13. The van der Waals surface area contributed by atoms with E-state index in [-0.39, 0.29) is 0 Å². The Bertz CT molecular complexity index is 379. The van der Waals surface area contributed by atoms with Crippen LogP contribution in [-0.2, 0) is 0 Å². The minimum Gasteiger partial charge on any atom is -0.307 e. The van der Waals surface area contributed by atoms with Crippen LogP contribution in [0.15, 0.2) is 6.07 Å². The first kappa shape index (κ1) is 10.2. The highest BCUT2D eigenvalue weighted by Gasteiger charge is 2.24. The van der Waals surface area contributed by atoms with E-state index in [2.05, 4.69) is 23.3 Å². The zero-order valence-corrected chi connectivity index (χ0v) is 9.87. The second-order valence-corrected chi connectivity index (χ2v) is 5.07. The first-order valence-corrected chi connectivity index (χ1v) is 6.42. The Morgan fingerprint density at radius 1 is 1.19 bits per heavy atom.